The molecule has 82 valence electrons. The Morgan fingerprint density at radius 2 is 2.20 bits per heavy atom. The van der Waals surface area contributed by atoms with Crippen LogP contribution in [0.2, 0.25) is 0 Å². The monoisotopic (exact) mass is 222 g/mol. The number of rotatable bonds is 4. The van der Waals surface area contributed by atoms with E-state index in [0.29, 0.717) is 11.3 Å². The molecule has 0 bridgehead atoms. The molecule has 3 N–H and O–H groups in total. The van der Waals surface area contributed by atoms with Crippen molar-refractivity contribution in [1.82, 2.24) is 5.43 Å². The van der Waals surface area contributed by atoms with Gasteiger partial charge in [0.05, 0.1) is 0 Å². The minimum absolute atomic E-state index is 0.417. The molecule has 15 heavy (non-hydrogen) atoms. The fraction of sp³-hybridized carbons (Fsp3) is 0.500. The molecule has 1 aliphatic heterocycles. The lowest BCUT2D eigenvalue weighted by molar-refractivity contribution is 0.496. The Labute approximate surface area is 95.6 Å². The summed E-state index contributed by atoms with van der Waals surface area (Å²) in [6.07, 6.45) is 3.67. The fourth-order valence-electron chi connectivity index (χ4n) is 2.09. The van der Waals surface area contributed by atoms with Gasteiger partial charge in [-0.1, -0.05) is 30.3 Å². The Morgan fingerprint density at radius 3 is 2.80 bits per heavy atom. The molecule has 1 saturated heterocycles. The van der Waals surface area contributed by atoms with Gasteiger partial charge >= 0.3 is 0 Å². The number of benzene rings is 1. The summed E-state index contributed by atoms with van der Waals surface area (Å²) in [6.45, 7) is 0. The van der Waals surface area contributed by atoms with E-state index in [0.717, 1.165) is 6.42 Å². The molecule has 2 nitrogen and oxygen atoms in total. The fourth-order valence-corrected chi connectivity index (χ4v) is 3.46. The minimum atomic E-state index is 0.417. The molecule has 0 spiro atoms. The summed E-state index contributed by atoms with van der Waals surface area (Å²) in [5, 5.41) is 0.690. The number of hydrogen-bond donors (Lipinski definition) is 2. The van der Waals surface area contributed by atoms with Gasteiger partial charge in [0.2, 0.25) is 0 Å². The molecule has 1 aromatic rings. The Hall–Kier alpha value is -0.510. The maximum absolute atomic E-state index is 5.64. The van der Waals surface area contributed by atoms with Crippen LogP contribution in [-0.4, -0.2) is 17.0 Å². The first-order chi connectivity index (χ1) is 7.40. The lowest BCUT2D eigenvalue weighted by atomic mass is 10.0. The van der Waals surface area contributed by atoms with Crippen molar-refractivity contribution in [2.24, 2.45) is 5.84 Å². The first-order valence-corrected chi connectivity index (χ1v) is 6.56. The summed E-state index contributed by atoms with van der Waals surface area (Å²) in [6, 6.07) is 11.0. The molecule has 1 heterocycles. The molecular weight excluding hydrogens is 204 g/mol. The molecule has 0 aliphatic carbocycles. The number of hydrazine groups is 1. The van der Waals surface area contributed by atoms with Gasteiger partial charge in [0.25, 0.3) is 0 Å². The zero-order valence-electron chi connectivity index (χ0n) is 8.86. The maximum atomic E-state index is 5.64. The first kappa shape index (κ1) is 11.0. The number of nitrogens with one attached hydrogen (secondary N) is 1. The first-order valence-electron chi connectivity index (χ1n) is 5.52. The Bertz CT molecular complexity index is 283. The molecule has 0 radical (unpaired) electrons. The highest BCUT2D eigenvalue weighted by Crippen LogP contribution is 2.29. The van der Waals surface area contributed by atoms with E-state index in [4.69, 9.17) is 5.84 Å². The third-order valence-electron chi connectivity index (χ3n) is 2.93. The van der Waals surface area contributed by atoms with Crippen LogP contribution in [0.15, 0.2) is 30.3 Å². The molecule has 2 atom stereocenters. The van der Waals surface area contributed by atoms with Crippen LogP contribution in [0.5, 0.6) is 0 Å². The predicted octanol–water partition coefficient (Wildman–Crippen LogP) is 1.96. The second-order valence-corrected chi connectivity index (χ2v) is 5.36. The van der Waals surface area contributed by atoms with Gasteiger partial charge in [-0.05, 0) is 30.6 Å². The second kappa shape index (κ2) is 5.54. The number of nitrogens with two attached hydrogens (primary N) is 1. The van der Waals surface area contributed by atoms with Crippen LogP contribution in [-0.2, 0) is 6.42 Å². The average Bonchev–Trinajstić information content (AvgIpc) is 2.81. The van der Waals surface area contributed by atoms with Gasteiger partial charge in [-0.3, -0.25) is 11.3 Å². The molecular formula is C12H18N2S. The van der Waals surface area contributed by atoms with Crippen molar-refractivity contribution in [3.63, 3.8) is 0 Å². The van der Waals surface area contributed by atoms with E-state index in [9.17, 15) is 0 Å². The molecule has 1 aromatic carbocycles. The molecule has 1 fully saturated rings. The highest BCUT2D eigenvalue weighted by atomic mass is 32.2. The van der Waals surface area contributed by atoms with Crippen LogP contribution in [0.3, 0.4) is 0 Å². The Morgan fingerprint density at radius 1 is 1.40 bits per heavy atom. The molecule has 0 aromatic heterocycles. The topological polar surface area (TPSA) is 38.0 Å². The average molecular weight is 222 g/mol. The number of thioether (sulfide) groups is 1. The lowest BCUT2D eigenvalue weighted by Gasteiger charge is -2.21. The molecule has 0 amide bonds. The molecule has 0 saturated carbocycles. The largest absolute Gasteiger partial charge is 0.271 e. The molecule has 3 heteroatoms. The predicted molar refractivity (Wildman–Crippen MR) is 66.7 cm³/mol. The summed E-state index contributed by atoms with van der Waals surface area (Å²) in [4.78, 5) is 0. The van der Waals surface area contributed by atoms with Crippen molar-refractivity contribution in [1.29, 1.82) is 0 Å². The quantitative estimate of drug-likeness (QED) is 0.604. The van der Waals surface area contributed by atoms with Crippen molar-refractivity contribution in [2.45, 2.75) is 30.6 Å². The van der Waals surface area contributed by atoms with Gasteiger partial charge in [0, 0.05) is 11.3 Å². The van der Waals surface area contributed by atoms with E-state index in [1.165, 1.54) is 24.2 Å². The maximum Gasteiger partial charge on any atom is 0.0369 e. The van der Waals surface area contributed by atoms with E-state index >= 15 is 0 Å². The third kappa shape index (κ3) is 2.97. The van der Waals surface area contributed by atoms with Crippen LogP contribution >= 0.6 is 11.8 Å². The lowest BCUT2D eigenvalue weighted by Crippen LogP contribution is -2.43. The van der Waals surface area contributed by atoms with Gasteiger partial charge in [0.1, 0.15) is 0 Å². The summed E-state index contributed by atoms with van der Waals surface area (Å²) in [5.74, 6) is 6.93. The van der Waals surface area contributed by atoms with E-state index in [1.54, 1.807) is 0 Å². The summed E-state index contributed by atoms with van der Waals surface area (Å²) in [7, 11) is 0. The van der Waals surface area contributed by atoms with E-state index in [2.05, 4.69) is 47.5 Å². The molecule has 2 rings (SSSR count). The van der Waals surface area contributed by atoms with Crippen molar-refractivity contribution >= 4 is 11.8 Å². The van der Waals surface area contributed by atoms with E-state index < -0.39 is 0 Å². The van der Waals surface area contributed by atoms with Gasteiger partial charge in [-0.2, -0.15) is 11.8 Å². The van der Waals surface area contributed by atoms with Gasteiger partial charge in [-0.25, -0.2) is 0 Å². The van der Waals surface area contributed by atoms with Gasteiger partial charge < -0.3 is 0 Å². The van der Waals surface area contributed by atoms with Crippen molar-refractivity contribution < 1.29 is 0 Å². The molecule has 2 unspecified atom stereocenters. The van der Waals surface area contributed by atoms with E-state index in [1.807, 2.05) is 0 Å². The van der Waals surface area contributed by atoms with Crippen LogP contribution in [0, 0.1) is 0 Å². The second-order valence-electron chi connectivity index (χ2n) is 4.01. The van der Waals surface area contributed by atoms with Crippen molar-refractivity contribution in [3.8, 4) is 0 Å². The highest BCUT2D eigenvalue weighted by Gasteiger charge is 2.24. The Kier molecular flexibility index (Phi) is 4.06. The summed E-state index contributed by atoms with van der Waals surface area (Å²) >= 11 is 2.05. The zero-order chi connectivity index (χ0) is 10.5. The smallest absolute Gasteiger partial charge is 0.0369 e. The van der Waals surface area contributed by atoms with Gasteiger partial charge in [-0.15, -0.1) is 0 Å². The van der Waals surface area contributed by atoms with Crippen LogP contribution in [0.1, 0.15) is 18.4 Å². The van der Waals surface area contributed by atoms with Crippen molar-refractivity contribution in [2.75, 3.05) is 5.75 Å². The third-order valence-corrected chi connectivity index (χ3v) is 4.44. The molecule has 1 aliphatic rings. The SMILES string of the molecule is NNC(Cc1ccccc1)C1CCCS1. The zero-order valence-corrected chi connectivity index (χ0v) is 9.67. The van der Waals surface area contributed by atoms with Gasteiger partial charge in [0.15, 0.2) is 0 Å². The van der Waals surface area contributed by atoms with Crippen LogP contribution in [0.25, 0.3) is 0 Å². The summed E-state index contributed by atoms with van der Waals surface area (Å²) in [5.41, 5.74) is 4.34. The van der Waals surface area contributed by atoms with Crippen LogP contribution < -0.4 is 11.3 Å². The Balaban J connectivity index is 1.96. The standard InChI is InChI=1S/C12H18N2S/c13-14-11(12-7-4-8-15-12)9-10-5-2-1-3-6-10/h1-3,5-6,11-12,14H,4,7-9,13H2. The van der Waals surface area contributed by atoms with Crippen molar-refractivity contribution in [3.05, 3.63) is 35.9 Å². The summed E-state index contributed by atoms with van der Waals surface area (Å²) < 4.78 is 0. The van der Waals surface area contributed by atoms with Crippen LogP contribution in [0.4, 0.5) is 0 Å². The van der Waals surface area contributed by atoms with E-state index in [-0.39, 0.29) is 0 Å². The minimum Gasteiger partial charge on any atom is -0.271 e. The number of hydrogen-bond acceptors (Lipinski definition) is 3. The highest BCUT2D eigenvalue weighted by molar-refractivity contribution is 8.00. The normalized spacial score (nSPS) is 22.9.